The molecule has 5 heteroatoms. The number of rotatable bonds is 4. The molecule has 1 unspecified atom stereocenters. The number of furan rings is 1. The van der Waals surface area contributed by atoms with Crippen molar-refractivity contribution in [2.45, 2.75) is 63.7 Å². The van der Waals surface area contributed by atoms with Gasteiger partial charge in [0.25, 0.3) is 5.97 Å². The Kier molecular flexibility index (Phi) is 8.22. The van der Waals surface area contributed by atoms with E-state index in [1.165, 1.54) is 43.2 Å². The van der Waals surface area contributed by atoms with E-state index in [9.17, 15) is 4.79 Å². The second-order valence-electron chi connectivity index (χ2n) is 7.74. The Morgan fingerprint density at radius 1 is 1.11 bits per heavy atom. The summed E-state index contributed by atoms with van der Waals surface area (Å²) in [6.07, 6.45) is 10.8. The van der Waals surface area contributed by atoms with Gasteiger partial charge in [-0.05, 0) is 61.3 Å². The van der Waals surface area contributed by atoms with Crippen molar-refractivity contribution in [3.63, 3.8) is 0 Å². The van der Waals surface area contributed by atoms with Crippen molar-refractivity contribution in [1.29, 1.82) is 0 Å². The van der Waals surface area contributed by atoms with E-state index < -0.39 is 5.97 Å². The average molecular weight is 475 g/mol. The Morgan fingerprint density at radius 3 is 2.43 bits per heavy atom. The average Bonchev–Trinajstić information content (AvgIpc) is 3.35. The molecule has 0 spiro atoms. The SMILES string of the molecule is CC(=O)O.O=C(CC1(C2CCCC2)CCCc2ccccc21)c1ccco1.[Pd]. The largest absolute Gasteiger partial charge is 0.481 e. The molecule has 1 aromatic carbocycles. The van der Waals surface area contributed by atoms with E-state index in [0.717, 1.165) is 19.8 Å². The standard InChI is InChI=1S/C21H24O2.C2H4O2.Pd/c22-19(20-12-6-14-23-20)15-21(17-9-2-3-10-17)13-5-8-16-7-1-4-11-18(16)21;1-2(3)4;/h1,4,6-7,11-12,14,17H,2-3,5,8-10,13,15H2;1H3,(H,3,4);. The summed E-state index contributed by atoms with van der Waals surface area (Å²) >= 11 is 0. The Labute approximate surface area is 180 Å². The number of fused-ring (bicyclic) bond motifs is 1. The van der Waals surface area contributed by atoms with Crippen molar-refractivity contribution in [2.75, 3.05) is 0 Å². The van der Waals surface area contributed by atoms with E-state index in [1.54, 1.807) is 12.3 Å². The summed E-state index contributed by atoms with van der Waals surface area (Å²) in [5.41, 5.74) is 2.92. The second-order valence-corrected chi connectivity index (χ2v) is 7.74. The van der Waals surface area contributed by atoms with Gasteiger partial charge < -0.3 is 9.52 Å². The van der Waals surface area contributed by atoms with Crippen LogP contribution in [0.4, 0.5) is 0 Å². The van der Waals surface area contributed by atoms with Crippen LogP contribution in [0, 0.1) is 5.92 Å². The molecule has 1 atom stereocenters. The van der Waals surface area contributed by atoms with Crippen LogP contribution in [0.15, 0.2) is 47.1 Å². The van der Waals surface area contributed by atoms with Crippen molar-refractivity contribution in [2.24, 2.45) is 5.92 Å². The maximum Gasteiger partial charge on any atom is 0.300 e. The fourth-order valence-corrected chi connectivity index (χ4v) is 4.99. The van der Waals surface area contributed by atoms with Gasteiger partial charge in [-0.25, -0.2) is 0 Å². The van der Waals surface area contributed by atoms with Crippen LogP contribution in [0.3, 0.4) is 0 Å². The van der Waals surface area contributed by atoms with E-state index in [-0.39, 0.29) is 31.6 Å². The monoisotopic (exact) mass is 474 g/mol. The van der Waals surface area contributed by atoms with E-state index in [1.807, 2.05) is 6.07 Å². The predicted octanol–water partition coefficient (Wildman–Crippen LogP) is 5.41. The zero-order chi connectivity index (χ0) is 19.3. The molecule has 1 aromatic heterocycles. The number of carboxylic acids is 1. The van der Waals surface area contributed by atoms with Gasteiger partial charge in [0.15, 0.2) is 11.5 Å². The second kappa shape index (κ2) is 10.2. The predicted molar refractivity (Wildman–Crippen MR) is 104 cm³/mol. The first-order valence-corrected chi connectivity index (χ1v) is 9.87. The summed E-state index contributed by atoms with van der Waals surface area (Å²) in [6, 6.07) is 12.4. The molecule has 0 radical (unpaired) electrons. The van der Waals surface area contributed by atoms with Crippen LogP contribution in [-0.4, -0.2) is 16.9 Å². The third kappa shape index (κ3) is 5.01. The molecule has 4 rings (SSSR count). The van der Waals surface area contributed by atoms with Gasteiger partial charge in [0.1, 0.15) is 0 Å². The van der Waals surface area contributed by atoms with Gasteiger partial charge in [0.05, 0.1) is 6.26 Å². The number of carboxylic acid groups (broad SMARTS) is 1. The Balaban J connectivity index is 0.000000515. The summed E-state index contributed by atoms with van der Waals surface area (Å²) in [4.78, 5) is 21.9. The molecule has 1 heterocycles. The van der Waals surface area contributed by atoms with Crippen LogP contribution in [0.2, 0.25) is 0 Å². The maximum atomic E-state index is 12.9. The zero-order valence-corrected chi connectivity index (χ0v) is 17.8. The van der Waals surface area contributed by atoms with Crippen molar-refractivity contribution in [3.8, 4) is 0 Å². The number of carbonyl (C=O) groups excluding carboxylic acids is 1. The molecule has 0 saturated heterocycles. The van der Waals surface area contributed by atoms with E-state index >= 15 is 0 Å². The van der Waals surface area contributed by atoms with Gasteiger partial charge >= 0.3 is 0 Å². The number of aryl methyl sites for hydroxylation is 1. The minimum absolute atomic E-state index is 0. The molecule has 28 heavy (non-hydrogen) atoms. The topological polar surface area (TPSA) is 67.5 Å². The molecular formula is C23H28O4Pd. The summed E-state index contributed by atoms with van der Waals surface area (Å²) < 4.78 is 5.38. The molecule has 2 aromatic rings. The summed E-state index contributed by atoms with van der Waals surface area (Å²) in [6.45, 7) is 1.08. The quantitative estimate of drug-likeness (QED) is 0.475. The van der Waals surface area contributed by atoms with Gasteiger partial charge in [-0.3, -0.25) is 9.59 Å². The van der Waals surface area contributed by atoms with E-state index in [0.29, 0.717) is 18.1 Å². The van der Waals surface area contributed by atoms with Gasteiger partial charge in [-0.15, -0.1) is 0 Å². The van der Waals surface area contributed by atoms with Crippen molar-refractivity contribution < 1.29 is 39.5 Å². The number of ketones is 1. The molecule has 4 nitrogen and oxygen atoms in total. The van der Waals surface area contributed by atoms with Gasteiger partial charge in [0, 0.05) is 39.2 Å². The Hall–Kier alpha value is -1.70. The molecule has 0 amide bonds. The fraction of sp³-hybridized carbons (Fsp3) is 0.478. The van der Waals surface area contributed by atoms with Crippen LogP contribution in [0.25, 0.3) is 0 Å². The van der Waals surface area contributed by atoms with Crippen LogP contribution >= 0.6 is 0 Å². The first-order valence-electron chi connectivity index (χ1n) is 9.87. The number of aliphatic carboxylic acids is 1. The Morgan fingerprint density at radius 2 is 1.79 bits per heavy atom. The van der Waals surface area contributed by atoms with Crippen LogP contribution in [0.1, 0.15) is 73.6 Å². The smallest absolute Gasteiger partial charge is 0.300 e. The minimum Gasteiger partial charge on any atom is -0.481 e. The third-order valence-corrected chi connectivity index (χ3v) is 6.03. The molecule has 1 fully saturated rings. The molecule has 2 aliphatic rings. The Bertz CT molecular complexity index is 774. The van der Waals surface area contributed by atoms with Crippen molar-refractivity contribution in [1.82, 2.24) is 0 Å². The number of hydrogen-bond donors (Lipinski definition) is 1. The van der Waals surface area contributed by atoms with Crippen LogP contribution in [-0.2, 0) is 37.1 Å². The minimum atomic E-state index is -0.833. The molecule has 1 saturated carbocycles. The zero-order valence-electron chi connectivity index (χ0n) is 16.3. The van der Waals surface area contributed by atoms with E-state index in [4.69, 9.17) is 14.3 Å². The van der Waals surface area contributed by atoms with Crippen molar-refractivity contribution >= 4 is 11.8 Å². The number of hydrogen-bond acceptors (Lipinski definition) is 3. The van der Waals surface area contributed by atoms with Crippen LogP contribution in [0.5, 0.6) is 0 Å². The van der Waals surface area contributed by atoms with Crippen molar-refractivity contribution in [3.05, 3.63) is 59.5 Å². The number of carbonyl (C=O) groups is 2. The molecule has 0 bridgehead atoms. The summed E-state index contributed by atoms with van der Waals surface area (Å²) in [7, 11) is 0. The normalized spacial score (nSPS) is 21.0. The van der Waals surface area contributed by atoms with E-state index in [2.05, 4.69) is 24.3 Å². The summed E-state index contributed by atoms with van der Waals surface area (Å²) in [5, 5.41) is 7.42. The first-order chi connectivity index (χ1) is 13.0. The molecule has 2 aliphatic carbocycles. The van der Waals surface area contributed by atoms with Gasteiger partial charge in [-0.2, -0.15) is 0 Å². The van der Waals surface area contributed by atoms with Gasteiger partial charge in [-0.1, -0.05) is 37.1 Å². The first kappa shape index (κ1) is 22.6. The third-order valence-electron chi connectivity index (χ3n) is 6.03. The van der Waals surface area contributed by atoms with Gasteiger partial charge in [0.2, 0.25) is 0 Å². The fourth-order valence-electron chi connectivity index (χ4n) is 4.99. The number of Topliss-reactive ketones (excluding diaryl/α,β-unsaturated/α-hetero) is 1. The van der Waals surface area contributed by atoms with Crippen LogP contribution < -0.4 is 0 Å². The molecule has 1 N–H and O–H groups in total. The molecule has 0 aliphatic heterocycles. The molecular weight excluding hydrogens is 447 g/mol. The molecule has 154 valence electrons. The maximum absolute atomic E-state index is 12.9. The summed E-state index contributed by atoms with van der Waals surface area (Å²) in [5.74, 6) is 0.492. The number of benzene rings is 1.